The molecule has 2 aliphatic heterocycles. The van der Waals surface area contributed by atoms with Crippen molar-refractivity contribution in [2.75, 3.05) is 25.0 Å². The second-order valence-electron chi connectivity index (χ2n) is 13.6. The Bertz CT molecular complexity index is 1700. The molecular weight excluding hydrogens is 659 g/mol. The highest BCUT2D eigenvalue weighted by molar-refractivity contribution is 7.85. The fourth-order valence-electron chi connectivity index (χ4n) is 7.38. The molecule has 1 aromatic rings. The van der Waals surface area contributed by atoms with Gasteiger partial charge in [0.1, 0.15) is 6.54 Å². The van der Waals surface area contributed by atoms with E-state index in [0.717, 1.165) is 49.2 Å². The van der Waals surface area contributed by atoms with Crippen LogP contribution in [0.1, 0.15) is 85.6 Å². The SMILES string of the molecule is C#CCNC(=O)CCCCC[N+]1=C(/C=C/C=C/C=C2\N(C)c3ccc(S(=O)(=O)O)cc3C2(C)C)C(C)(C)C2CCC(S(=O)O)C=CC21.CC. The summed E-state index contributed by atoms with van der Waals surface area (Å²) in [5.74, 6) is 2.67. The van der Waals surface area contributed by atoms with E-state index < -0.39 is 26.6 Å². The number of anilines is 1. The zero-order chi connectivity index (χ0) is 36.6. The van der Waals surface area contributed by atoms with Crippen LogP contribution in [0, 0.1) is 23.7 Å². The smallest absolute Gasteiger partial charge is 0.294 e. The molecule has 0 radical (unpaired) electrons. The minimum absolute atomic E-state index is 0.0315. The highest BCUT2D eigenvalue weighted by Gasteiger charge is 2.53. The molecule has 1 aliphatic carbocycles. The average molecular weight is 713 g/mol. The molecule has 0 aromatic heterocycles. The molecule has 0 saturated carbocycles. The minimum atomic E-state index is -4.31. The molecule has 4 rings (SSSR count). The first-order valence-corrected chi connectivity index (χ1v) is 19.7. The number of amides is 1. The summed E-state index contributed by atoms with van der Waals surface area (Å²) in [5.41, 5.74) is 3.29. The number of hydrogen-bond acceptors (Lipinski definition) is 5. The third-order valence-corrected chi connectivity index (χ3v) is 11.7. The Labute approximate surface area is 296 Å². The summed E-state index contributed by atoms with van der Waals surface area (Å²) in [6, 6.07) is 4.80. The number of fused-ring (bicyclic) bond motifs is 2. The molecule has 9 nitrogen and oxygen atoms in total. The first-order valence-electron chi connectivity index (χ1n) is 17.1. The predicted molar refractivity (Wildman–Crippen MR) is 200 cm³/mol. The van der Waals surface area contributed by atoms with Crippen LogP contribution < -0.4 is 10.2 Å². The van der Waals surface area contributed by atoms with Gasteiger partial charge in [0.15, 0.2) is 22.8 Å². The second kappa shape index (κ2) is 17.1. The highest BCUT2D eigenvalue weighted by Crippen LogP contribution is 2.48. The Hall–Kier alpha value is -3.30. The third-order valence-electron chi connectivity index (χ3n) is 9.94. The summed E-state index contributed by atoms with van der Waals surface area (Å²) in [6.07, 6.45) is 24.0. The first-order chi connectivity index (χ1) is 23.1. The lowest BCUT2D eigenvalue weighted by atomic mass is 9.72. The van der Waals surface area contributed by atoms with Crippen molar-refractivity contribution in [3.63, 3.8) is 0 Å². The lowest BCUT2D eigenvalue weighted by Gasteiger charge is -2.25. The van der Waals surface area contributed by atoms with Crippen molar-refractivity contribution < 1.29 is 31.1 Å². The Kier molecular flexibility index (Phi) is 14.0. The van der Waals surface area contributed by atoms with E-state index in [4.69, 9.17) is 6.42 Å². The van der Waals surface area contributed by atoms with Gasteiger partial charge in [-0.1, -0.05) is 57.9 Å². The number of nitrogens with one attached hydrogen (secondary N) is 1. The fourth-order valence-corrected chi connectivity index (χ4v) is 8.45. The first kappa shape index (κ1) is 40.1. The molecule has 268 valence electrons. The van der Waals surface area contributed by atoms with E-state index in [-0.39, 0.29) is 40.0 Å². The Morgan fingerprint density at radius 2 is 1.84 bits per heavy atom. The van der Waals surface area contributed by atoms with E-state index in [9.17, 15) is 26.5 Å². The molecule has 11 heteroatoms. The van der Waals surface area contributed by atoms with Gasteiger partial charge in [-0.2, -0.15) is 8.42 Å². The topological polar surface area (TPSA) is 127 Å². The molecule has 49 heavy (non-hydrogen) atoms. The van der Waals surface area contributed by atoms with Gasteiger partial charge in [-0.3, -0.25) is 9.35 Å². The molecule has 0 spiro atoms. The molecule has 2 heterocycles. The number of likely N-dealkylation sites (N-methyl/N-ethyl adjacent to an activating group) is 1. The maximum absolute atomic E-state index is 12.0. The molecule has 0 bridgehead atoms. The quantitative estimate of drug-likeness (QED) is 0.0435. The molecule has 1 amide bonds. The molecule has 4 atom stereocenters. The van der Waals surface area contributed by atoms with Crippen LogP contribution in [-0.2, 0) is 31.4 Å². The van der Waals surface area contributed by atoms with E-state index in [1.54, 1.807) is 12.1 Å². The zero-order valence-corrected chi connectivity index (χ0v) is 31.6. The van der Waals surface area contributed by atoms with Crippen molar-refractivity contribution in [3.05, 3.63) is 72.0 Å². The summed E-state index contributed by atoms with van der Waals surface area (Å²) < 4.78 is 57.3. The monoisotopic (exact) mass is 712 g/mol. The highest BCUT2D eigenvalue weighted by atomic mass is 32.2. The number of rotatable bonds is 12. The van der Waals surface area contributed by atoms with E-state index >= 15 is 0 Å². The molecule has 1 aromatic carbocycles. The van der Waals surface area contributed by atoms with Crippen LogP contribution in [0.2, 0.25) is 0 Å². The minimum Gasteiger partial charge on any atom is -0.347 e. The van der Waals surface area contributed by atoms with Crippen LogP contribution in [0.3, 0.4) is 0 Å². The summed E-state index contributed by atoms with van der Waals surface area (Å²) in [4.78, 5) is 13.9. The maximum atomic E-state index is 12.0. The largest absolute Gasteiger partial charge is 0.347 e. The van der Waals surface area contributed by atoms with Gasteiger partial charge in [-0.05, 0) is 75.4 Å². The van der Waals surface area contributed by atoms with Crippen molar-refractivity contribution in [2.24, 2.45) is 11.3 Å². The number of hydrogen-bond donors (Lipinski definition) is 3. The second-order valence-corrected chi connectivity index (χ2v) is 16.2. The zero-order valence-electron chi connectivity index (χ0n) is 30.0. The van der Waals surface area contributed by atoms with Gasteiger partial charge in [-0.25, -0.2) is 8.78 Å². The van der Waals surface area contributed by atoms with Crippen molar-refractivity contribution in [3.8, 4) is 12.3 Å². The van der Waals surface area contributed by atoms with E-state index in [1.807, 2.05) is 70.0 Å². The fraction of sp³-hybridized carbons (Fsp3) is 0.526. The molecule has 0 fully saturated rings. The van der Waals surface area contributed by atoms with Crippen LogP contribution in [-0.4, -0.2) is 69.4 Å². The number of carbonyl (C=O) groups excluding carboxylic acids is 1. The Morgan fingerprint density at radius 1 is 1.12 bits per heavy atom. The number of carbonyl (C=O) groups is 1. The van der Waals surface area contributed by atoms with Crippen LogP contribution in [0.25, 0.3) is 0 Å². The van der Waals surface area contributed by atoms with Crippen molar-refractivity contribution in [2.45, 2.75) is 102 Å². The average Bonchev–Trinajstić information content (AvgIpc) is 3.23. The van der Waals surface area contributed by atoms with Gasteiger partial charge >= 0.3 is 0 Å². The number of unbranched alkanes of at least 4 members (excludes halogenated alkanes) is 2. The number of nitrogens with zero attached hydrogens (tertiary/aromatic N) is 2. The lowest BCUT2D eigenvalue weighted by Crippen LogP contribution is -2.31. The summed E-state index contributed by atoms with van der Waals surface area (Å²) in [6.45, 7) is 13.6. The van der Waals surface area contributed by atoms with E-state index in [0.29, 0.717) is 12.8 Å². The predicted octanol–water partition coefficient (Wildman–Crippen LogP) is 6.41. The van der Waals surface area contributed by atoms with Gasteiger partial charge < -0.3 is 14.8 Å². The van der Waals surface area contributed by atoms with Gasteiger partial charge in [0.05, 0.1) is 22.1 Å². The van der Waals surface area contributed by atoms with Crippen molar-refractivity contribution in [1.82, 2.24) is 5.32 Å². The number of benzene rings is 1. The van der Waals surface area contributed by atoms with Crippen LogP contribution >= 0.6 is 0 Å². The van der Waals surface area contributed by atoms with E-state index in [2.05, 4.69) is 41.8 Å². The van der Waals surface area contributed by atoms with Crippen LogP contribution in [0.4, 0.5) is 5.69 Å². The van der Waals surface area contributed by atoms with Gasteiger partial charge in [0, 0.05) is 48.7 Å². The Morgan fingerprint density at radius 3 is 2.49 bits per heavy atom. The molecule has 3 N–H and O–H groups in total. The normalized spacial score (nSPS) is 24.0. The van der Waals surface area contributed by atoms with E-state index in [1.165, 1.54) is 11.8 Å². The number of terminal acetylenes is 1. The summed E-state index contributed by atoms with van der Waals surface area (Å²) in [5, 5.41) is 2.35. The number of allylic oxidation sites excluding steroid dienone is 6. The van der Waals surface area contributed by atoms with Gasteiger partial charge in [0.2, 0.25) is 5.91 Å². The molecule has 0 saturated heterocycles. The standard InChI is InChI=1S/C36H47N3O6S2.C2H6/c1-7-23-37-34(40)16-12-9-13-24-39-31-21-18-26(46(41)42)17-20-28(31)35(2,3)33(39)15-11-8-10-14-32-36(4,5)29-25-27(47(43,44)45)19-22-30(29)38(32)6;1-2/h1,8,10-11,14-15,18-19,21-22,25-26,28,31H,9,12-13,16-17,20,23-24H2,2-6H3,(H2-,37,40,41,42,43,44,45);1-2H3/p+1. The van der Waals surface area contributed by atoms with Crippen molar-refractivity contribution in [1.29, 1.82) is 0 Å². The van der Waals surface area contributed by atoms with Gasteiger partial charge in [-0.15, -0.1) is 6.42 Å². The molecule has 4 unspecified atom stereocenters. The van der Waals surface area contributed by atoms with Gasteiger partial charge in [0.25, 0.3) is 10.1 Å². The van der Waals surface area contributed by atoms with Crippen LogP contribution in [0.5, 0.6) is 0 Å². The summed E-state index contributed by atoms with van der Waals surface area (Å²) >= 11 is -1.90. The molecule has 3 aliphatic rings. The third kappa shape index (κ3) is 9.28. The maximum Gasteiger partial charge on any atom is 0.294 e. The lowest BCUT2D eigenvalue weighted by molar-refractivity contribution is -0.552. The molecular formula is C38H54N3O6S2+. The van der Waals surface area contributed by atoms with Crippen molar-refractivity contribution >= 4 is 38.5 Å². The Balaban J connectivity index is 0.00000319. The summed E-state index contributed by atoms with van der Waals surface area (Å²) in [7, 11) is -2.36. The van der Waals surface area contributed by atoms with Crippen LogP contribution in [0.15, 0.2) is 71.3 Å².